The molecule has 0 unspecified atom stereocenters. The first-order valence-electron chi connectivity index (χ1n) is 7.33. The molecular formula is C18H17Cl2NO. The van der Waals surface area contributed by atoms with E-state index in [4.69, 9.17) is 23.2 Å². The minimum atomic E-state index is -1.05. The van der Waals surface area contributed by atoms with Crippen LogP contribution in [0.1, 0.15) is 24.5 Å². The molecule has 0 heterocycles. The fourth-order valence-electron chi connectivity index (χ4n) is 2.76. The van der Waals surface area contributed by atoms with E-state index in [0.717, 1.165) is 17.7 Å². The number of hydrogen-bond donors (Lipinski definition) is 1. The van der Waals surface area contributed by atoms with Crippen LogP contribution in [0.25, 0.3) is 0 Å². The number of carbonyl (C=O) groups excluding carboxylic acids is 1. The monoisotopic (exact) mass is 333 g/mol. The lowest BCUT2D eigenvalue weighted by Gasteiger charge is -2.18. The zero-order valence-corrected chi connectivity index (χ0v) is 13.8. The SMILES string of the molecule is CCc1ccc(NC(=O)[C@@]2(c3ccccc3)CC2(Cl)Cl)cc1. The summed E-state index contributed by atoms with van der Waals surface area (Å²) in [6, 6.07) is 17.3. The van der Waals surface area contributed by atoms with Gasteiger partial charge in [-0.25, -0.2) is 0 Å². The molecule has 2 aromatic rings. The highest BCUT2D eigenvalue weighted by Gasteiger charge is 2.72. The van der Waals surface area contributed by atoms with Crippen molar-refractivity contribution in [2.24, 2.45) is 0 Å². The summed E-state index contributed by atoms with van der Waals surface area (Å²) in [5.41, 5.74) is 1.96. The molecule has 114 valence electrons. The lowest BCUT2D eigenvalue weighted by Crippen LogP contribution is -2.32. The smallest absolute Gasteiger partial charge is 0.238 e. The summed E-state index contributed by atoms with van der Waals surface area (Å²) in [5.74, 6) is -0.159. The second-order valence-electron chi connectivity index (χ2n) is 5.66. The van der Waals surface area contributed by atoms with Gasteiger partial charge in [0.05, 0.1) is 0 Å². The predicted molar refractivity (Wildman–Crippen MR) is 91.6 cm³/mol. The van der Waals surface area contributed by atoms with E-state index in [1.165, 1.54) is 5.56 Å². The largest absolute Gasteiger partial charge is 0.325 e. The molecule has 4 heteroatoms. The van der Waals surface area contributed by atoms with Crippen molar-refractivity contribution < 1.29 is 4.79 Å². The minimum Gasteiger partial charge on any atom is -0.325 e. The molecule has 22 heavy (non-hydrogen) atoms. The standard InChI is InChI=1S/C18H17Cl2NO/c1-2-13-8-10-15(11-9-13)21-16(22)17(12-18(17,19)20)14-6-4-3-5-7-14/h3-11H,2,12H2,1H3,(H,21,22)/t17-/m0/s1. The van der Waals surface area contributed by atoms with Gasteiger partial charge in [0.25, 0.3) is 0 Å². The number of aryl methyl sites for hydroxylation is 1. The fraction of sp³-hybridized carbons (Fsp3) is 0.278. The van der Waals surface area contributed by atoms with E-state index in [1.807, 2.05) is 54.6 Å². The fourth-order valence-corrected chi connectivity index (χ4v) is 3.55. The highest BCUT2D eigenvalue weighted by molar-refractivity contribution is 6.54. The Hall–Kier alpha value is -1.51. The zero-order chi connectivity index (χ0) is 15.8. The summed E-state index contributed by atoms with van der Waals surface area (Å²) < 4.78 is -1.05. The van der Waals surface area contributed by atoms with E-state index in [1.54, 1.807) is 0 Å². The van der Waals surface area contributed by atoms with E-state index < -0.39 is 9.75 Å². The van der Waals surface area contributed by atoms with Gasteiger partial charge in [0.15, 0.2) is 0 Å². The molecule has 1 aliphatic rings. The van der Waals surface area contributed by atoms with Gasteiger partial charge in [0.1, 0.15) is 9.75 Å². The van der Waals surface area contributed by atoms with Crippen molar-refractivity contribution in [3.8, 4) is 0 Å². The zero-order valence-electron chi connectivity index (χ0n) is 12.3. The molecular weight excluding hydrogens is 317 g/mol. The van der Waals surface area contributed by atoms with Crippen LogP contribution >= 0.6 is 23.2 Å². The predicted octanol–water partition coefficient (Wildman–Crippen LogP) is 4.70. The third-order valence-electron chi connectivity index (χ3n) is 4.26. The van der Waals surface area contributed by atoms with Crippen LogP contribution in [-0.2, 0) is 16.6 Å². The van der Waals surface area contributed by atoms with Crippen molar-refractivity contribution >= 4 is 34.8 Å². The number of alkyl halides is 2. The van der Waals surface area contributed by atoms with Crippen LogP contribution in [-0.4, -0.2) is 10.2 Å². The van der Waals surface area contributed by atoms with Crippen LogP contribution in [0.15, 0.2) is 54.6 Å². The number of nitrogens with one attached hydrogen (secondary N) is 1. The topological polar surface area (TPSA) is 29.1 Å². The van der Waals surface area contributed by atoms with Crippen LogP contribution in [0, 0.1) is 0 Å². The maximum absolute atomic E-state index is 12.8. The lowest BCUT2D eigenvalue weighted by atomic mass is 9.94. The molecule has 2 nitrogen and oxygen atoms in total. The van der Waals surface area contributed by atoms with Crippen LogP contribution in [0.3, 0.4) is 0 Å². The van der Waals surface area contributed by atoms with E-state index in [9.17, 15) is 4.79 Å². The second-order valence-corrected chi connectivity index (χ2v) is 7.14. The highest BCUT2D eigenvalue weighted by Crippen LogP contribution is 2.65. The van der Waals surface area contributed by atoms with E-state index in [2.05, 4.69) is 12.2 Å². The summed E-state index contributed by atoms with van der Waals surface area (Å²) in [4.78, 5) is 12.8. The van der Waals surface area contributed by atoms with Gasteiger partial charge in [-0.15, -0.1) is 23.2 Å². The Labute approximate surface area is 140 Å². The molecule has 1 aliphatic carbocycles. The van der Waals surface area contributed by atoms with Crippen LogP contribution in [0.5, 0.6) is 0 Å². The van der Waals surface area contributed by atoms with E-state index in [0.29, 0.717) is 6.42 Å². The molecule has 0 radical (unpaired) electrons. The minimum absolute atomic E-state index is 0.159. The van der Waals surface area contributed by atoms with Gasteiger partial charge in [-0.2, -0.15) is 0 Å². The maximum Gasteiger partial charge on any atom is 0.238 e. The van der Waals surface area contributed by atoms with Crippen molar-refractivity contribution in [2.45, 2.75) is 29.5 Å². The van der Waals surface area contributed by atoms with Crippen molar-refractivity contribution in [1.82, 2.24) is 0 Å². The molecule has 1 amide bonds. The third-order valence-corrected chi connectivity index (χ3v) is 5.17. The van der Waals surface area contributed by atoms with Gasteiger partial charge in [0, 0.05) is 12.1 Å². The Morgan fingerprint density at radius 3 is 2.18 bits per heavy atom. The first-order chi connectivity index (χ1) is 10.5. The molecule has 0 aliphatic heterocycles. The van der Waals surface area contributed by atoms with Crippen molar-refractivity contribution in [3.05, 3.63) is 65.7 Å². The molecule has 0 bridgehead atoms. The Morgan fingerprint density at radius 1 is 1.09 bits per heavy atom. The molecule has 3 rings (SSSR count). The van der Waals surface area contributed by atoms with Gasteiger partial charge in [0.2, 0.25) is 5.91 Å². The number of anilines is 1. The van der Waals surface area contributed by atoms with Crippen LogP contribution < -0.4 is 5.32 Å². The Kier molecular flexibility index (Phi) is 3.92. The molecule has 1 N–H and O–H groups in total. The summed E-state index contributed by atoms with van der Waals surface area (Å²) in [6.45, 7) is 2.09. The van der Waals surface area contributed by atoms with Gasteiger partial charge in [-0.05, 0) is 29.7 Å². The average Bonchev–Trinajstić information content (AvgIpc) is 3.13. The van der Waals surface area contributed by atoms with Gasteiger partial charge in [-0.3, -0.25) is 4.79 Å². The van der Waals surface area contributed by atoms with Gasteiger partial charge in [-0.1, -0.05) is 49.4 Å². The average molecular weight is 334 g/mol. The second kappa shape index (κ2) is 5.60. The first kappa shape index (κ1) is 15.4. The van der Waals surface area contributed by atoms with Crippen molar-refractivity contribution in [1.29, 1.82) is 0 Å². The molecule has 1 fully saturated rings. The van der Waals surface area contributed by atoms with Crippen molar-refractivity contribution in [2.75, 3.05) is 5.32 Å². The molecule has 1 saturated carbocycles. The number of rotatable bonds is 4. The number of amides is 1. The molecule has 0 saturated heterocycles. The number of halogens is 2. The van der Waals surface area contributed by atoms with Gasteiger partial charge < -0.3 is 5.32 Å². The van der Waals surface area contributed by atoms with Gasteiger partial charge >= 0.3 is 0 Å². The summed E-state index contributed by atoms with van der Waals surface area (Å²) in [6.07, 6.45) is 1.39. The van der Waals surface area contributed by atoms with Crippen LogP contribution in [0.4, 0.5) is 5.69 Å². The quantitative estimate of drug-likeness (QED) is 0.807. The normalized spacial score (nSPS) is 22.1. The van der Waals surface area contributed by atoms with Crippen LogP contribution in [0.2, 0.25) is 0 Å². The Bertz CT molecular complexity index is 682. The van der Waals surface area contributed by atoms with Crippen molar-refractivity contribution in [3.63, 3.8) is 0 Å². The summed E-state index contributed by atoms with van der Waals surface area (Å²) in [5, 5.41) is 2.94. The Balaban J connectivity index is 1.86. The van der Waals surface area contributed by atoms with E-state index >= 15 is 0 Å². The molecule has 2 aromatic carbocycles. The third kappa shape index (κ3) is 2.51. The maximum atomic E-state index is 12.8. The number of carbonyl (C=O) groups is 1. The molecule has 0 aromatic heterocycles. The van der Waals surface area contributed by atoms with E-state index in [-0.39, 0.29) is 5.91 Å². The highest BCUT2D eigenvalue weighted by atomic mass is 35.5. The first-order valence-corrected chi connectivity index (χ1v) is 8.09. The molecule has 0 spiro atoms. The lowest BCUT2D eigenvalue weighted by molar-refractivity contribution is -0.118. The summed E-state index contributed by atoms with van der Waals surface area (Å²) in [7, 11) is 0. The summed E-state index contributed by atoms with van der Waals surface area (Å²) >= 11 is 12.6. The Morgan fingerprint density at radius 2 is 1.68 bits per heavy atom. The molecule has 1 atom stereocenters. The number of benzene rings is 2. The number of hydrogen-bond acceptors (Lipinski definition) is 1.